The molecule has 16 heavy (non-hydrogen) atoms. The van der Waals surface area contributed by atoms with Crippen molar-refractivity contribution in [2.24, 2.45) is 5.92 Å². The van der Waals surface area contributed by atoms with Crippen LogP contribution in [-0.2, 0) is 9.47 Å². The first-order valence-corrected chi connectivity index (χ1v) is 6.37. The Kier molecular flexibility index (Phi) is 4.58. The van der Waals surface area contributed by atoms with Crippen LogP contribution in [0.3, 0.4) is 0 Å². The van der Waals surface area contributed by atoms with Crippen molar-refractivity contribution in [1.82, 2.24) is 5.32 Å². The van der Waals surface area contributed by atoms with Crippen LogP contribution in [0.4, 0.5) is 0 Å². The van der Waals surface area contributed by atoms with Gasteiger partial charge in [-0.1, -0.05) is 0 Å². The van der Waals surface area contributed by atoms with E-state index in [-0.39, 0.29) is 0 Å². The summed E-state index contributed by atoms with van der Waals surface area (Å²) in [5, 5.41) is 13.6. The van der Waals surface area contributed by atoms with Crippen molar-refractivity contribution in [2.75, 3.05) is 39.5 Å². The van der Waals surface area contributed by atoms with Crippen molar-refractivity contribution in [3.05, 3.63) is 0 Å². The maximum Gasteiger partial charge on any atom is 0.0815 e. The molecule has 0 radical (unpaired) electrons. The van der Waals surface area contributed by atoms with Gasteiger partial charge in [0.15, 0.2) is 0 Å². The lowest BCUT2D eigenvalue weighted by Gasteiger charge is -2.33. The van der Waals surface area contributed by atoms with Gasteiger partial charge in [-0.25, -0.2) is 0 Å². The third-order valence-corrected chi connectivity index (χ3v) is 3.65. The molecular formula is C12H23NO3. The molecule has 0 aromatic carbocycles. The maximum absolute atomic E-state index is 10.2. The predicted molar refractivity (Wildman–Crippen MR) is 61.4 cm³/mol. The van der Waals surface area contributed by atoms with Crippen molar-refractivity contribution in [3.8, 4) is 0 Å². The van der Waals surface area contributed by atoms with Crippen molar-refractivity contribution in [3.63, 3.8) is 0 Å². The summed E-state index contributed by atoms with van der Waals surface area (Å²) in [6.07, 6.45) is 3.81. The lowest BCUT2D eigenvalue weighted by Crippen LogP contribution is -2.46. The number of aliphatic hydroxyl groups is 1. The van der Waals surface area contributed by atoms with Crippen molar-refractivity contribution < 1.29 is 14.6 Å². The van der Waals surface area contributed by atoms with E-state index in [1.807, 2.05) is 0 Å². The van der Waals surface area contributed by atoms with E-state index in [4.69, 9.17) is 9.47 Å². The van der Waals surface area contributed by atoms with Crippen molar-refractivity contribution in [2.45, 2.75) is 31.3 Å². The van der Waals surface area contributed by atoms with Gasteiger partial charge in [0.25, 0.3) is 0 Å². The van der Waals surface area contributed by atoms with E-state index >= 15 is 0 Å². The van der Waals surface area contributed by atoms with Gasteiger partial charge < -0.3 is 19.9 Å². The zero-order valence-corrected chi connectivity index (χ0v) is 9.91. The molecule has 4 nitrogen and oxygen atoms in total. The van der Waals surface area contributed by atoms with Gasteiger partial charge in [0.2, 0.25) is 0 Å². The molecular weight excluding hydrogens is 206 g/mol. The lowest BCUT2D eigenvalue weighted by atomic mass is 9.93. The van der Waals surface area contributed by atoms with Crippen LogP contribution in [0.15, 0.2) is 0 Å². The molecule has 0 aliphatic carbocycles. The molecule has 2 N–H and O–H groups in total. The molecule has 2 rings (SSSR count). The van der Waals surface area contributed by atoms with Crippen LogP contribution in [-0.4, -0.2) is 50.2 Å². The molecule has 0 spiro atoms. The Bertz CT molecular complexity index is 198. The van der Waals surface area contributed by atoms with E-state index in [0.717, 1.165) is 51.4 Å². The summed E-state index contributed by atoms with van der Waals surface area (Å²) in [5.74, 6) is 0.720. The van der Waals surface area contributed by atoms with Crippen LogP contribution < -0.4 is 5.32 Å². The second kappa shape index (κ2) is 5.96. The van der Waals surface area contributed by atoms with E-state index < -0.39 is 5.60 Å². The highest BCUT2D eigenvalue weighted by molar-refractivity contribution is 4.83. The van der Waals surface area contributed by atoms with Crippen LogP contribution in [0.5, 0.6) is 0 Å². The first-order valence-electron chi connectivity index (χ1n) is 6.37. The summed E-state index contributed by atoms with van der Waals surface area (Å²) in [6.45, 7) is 4.88. The fraction of sp³-hybridized carbons (Fsp3) is 1.00. The van der Waals surface area contributed by atoms with Crippen LogP contribution in [0.1, 0.15) is 25.7 Å². The molecule has 0 bridgehead atoms. The Morgan fingerprint density at radius 3 is 2.38 bits per heavy atom. The number of nitrogens with one attached hydrogen (secondary N) is 1. The molecule has 2 aliphatic rings. The van der Waals surface area contributed by atoms with Crippen molar-refractivity contribution in [1.29, 1.82) is 0 Å². The van der Waals surface area contributed by atoms with Gasteiger partial charge in [-0.05, 0) is 25.3 Å². The Balaban J connectivity index is 1.62. The first kappa shape index (κ1) is 12.3. The minimum atomic E-state index is -0.538. The second-order valence-electron chi connectivity index (χ2n) is 5.02. The SMILES string of the molecule is OC1(CNCC2CCOCC2)CCOCC1. The highest BCUT2D eigenvalue weighted by Crippen LogP contribution is 2.20. The van der Waals surface area contributed by atoms with E-state index in [9.17, 15) is 5.11 Å². The second-order valence-corrected chi connectivity index (χ2v) is 5.02. The molecule has 2 fully saturated rings. The normalized spacial score (nSPS) is 26.8. The standard InChI is InChI=1S/C12H23NO3/c14-12(3-7-16-8-4-12)10-13-9-11-1-5-15-6-2-11/h11,13-14H,1-10H2. The molecule has 2 heterocycles. The quantitative estimate of drug-likeness (QED) is 0.739. The first-order chi connectivity index (χ1) is 7.79. The smallest absolute Gasteiger partial charge is 0.0815 e. The van der Waals surface area contributed by atoms with Crippen LogP contribution >= 0.6 is 0 Å². The fourth-order valence-electron chi connectivity index (χ4n) is 2.39. The zero-order valence-electron chi connectivity index (χ0n) is 9.91. The van der Waals surface area contributed by atoms with Crippen LogP contribution in [0.25, 0.3) is 0 Å². The highest BCUT2D eigenvalue weighted by Gasteiger charge is 2.29. The summed E-state index contributed by atoms with van der Waals surface area (Å²) >= 11 is 0. The van der Waals surface area contributed by atoms with Crippen molar-refractivity contribution >= 4 is 0 Å². The minimum absolute atomic E-state index is 0.538. The fourth-order valence-corrected chi connectivity index (χ4v) is 2.39. The molecule has 0 amide bonds. The van der Waals surface area contributed by atoms with E-state index in [1.54, 1.807) is 0 Å². The van der Waals surface area contributed by atoms with Gasteiger partial charge in [0.05, 0.1) is 5.60 Å². The Morgan fingerprint density at radius 2 is 1.69 bits per heavy atom. The molecule has 4 heteroatoms. The third kappa shape index (κ3) is 3.70. The van der Waals surface area contributed by atoms with Gasteiger partial charge >= 0.3 is 0 Å². The number of hydrogen-bond acceptors (Lipinski definition) is 4. The van der Waals surface area contributed by atoms with E-state index in [2.05, 4.69) is 5.32 Å². The average Bonchev–Trinajstić information content (AvgIpc) is 2.31. The molecule has 2 aliphatic heterocycles. The lowest BCUT2D eigenvalue weighted by molar-refractivity contribution is -0.0622. The van der Waals surface area contributed by atoms with E-state index in [1.165, 1.54) is 0 Å². The molecule has 0 saturated carbocycles. The summed E-state index contributed by atoms with van der Waals surface area (Å²) in [5.41, 5.74) is -0.538. The Hall–Kier alpha value is -0.160. The van der Waals surface area contributed by atoms with Crippen LogP contribution in [0, 0.1) is 5.92 Å². The summed E-state index contributed by atoms with van der Waals surface area (Å²) in [7, 11) is 0. The predicted octanol–water partition coefficient (Wildman–Crippen LogP) is 0.544. The molecule has 0 aromatic rings. The average molecular weight is 229 g/mol. The topological polar surface area (TPSA) is 50.7 Å². The summed E-state index contributed by atoms with van der Waals surface area (Å²) in [4.78, 5) is 0. The number of ether oxygens (including phenoxy) is 2. The Labute approximate surface area is 97.3 Å². The third-order valence-electron chi connectivity index (χ3n) is 3.65. The molecule has 0 atom stereocenters. The highest BCUT2D eigenvalue weighted by atomic mass is 16.5. The maximum atomic E-state index is 10.2. The number of rotatable bonds is 4. The van der Waals surface area contributed by atoms with Gasteiger partial charge in [0, 0.05) is 45.8 Å². The summed E-state index contributed by atoms with van der Waals surface area (Å²) < 4.78 is 10.6. The largest absolute Gasteiger partial charge is 0.388 e. The number of hydrogen-bond donors (Lipinski definition) is 2. The molecule has 2 saturated heterocycles. The van der Waals surface area contributed by atoms with E-state index in [0.29, 0.717) is 19.8 Å². The van der Waals surface area contributed by atoms with Crippen LogP contribution in [0.2, 0.25) is 0 Å². The summed E-state index contributed by atoms with van der Waals surface area (Å²) in [6, 6.07) is 0. The molecule has 0 aromatic heterocycles. The molecule has 94 valence electrons. The zero-order chi connectivity index (χ0) is 11.3. The minimum Gasteiger partial charge on any atom is -0.388 e. The van der Waals surface area contributed by atoms with Gasteiger partial charge in [0.1, 0.15) is 0 Å². The van der Waals surface area contributed by atoms with Gasteiger partial charge in [-0.2, -0.15) is 0 Å². The van der Waals surface area contributed by atoms with Gasteiger partial charge in [-0.3, -0.25) is 0 Å². The Morgan fingerprint density at radius 1 is 1.06 bits per heavy atom. The monoisotopic (exact) mass is 229 g/mol. The van der Waals surface area contributed by atoms with Gasteiger partial charge in [-0.15, -0.1) is 0 Å². The molecule has 0 unspecified atom stereocenters.